The molecule has 0 aliphatic rings. The van der Waals surface area contributed by atoms with Crippen LogP contribution in [0.2, 0.25) is 0 Å². The normalized spacial score (nSPS) is 13.7. The molecule has 0 amide bonds. The van der Waals surface area contributed by atoms with Crippen LogP contribution in [0.3, 0.4) is 0 Å². The highest BCUT2D eigenvalue weighted by Gasteiger charge is 2.31. The molecule has 3 nitrogen and oxygen atoms in total. The van der Waals surface area contributed by atoms with Crippen LogP contribution in [-0.2, 0) is 5.60 Å². The fraction of sp³-hybridized carbons (Fsp3) is 0.400. The maximum atomic E-state index is 11.1. The highest BCUT2D eigenvalue weighted by Crippen LogP contribution is 2.32. The fourth-order valence-corrected chi connectivity index (χ4v) is 2.47. The van der Waals surface area contributed by atoms with Crippen LogP contribution in [0.5, 0.6) is 5.75 Å². The summed E-state index contributed by atoms with van der Waals surface area (Å²) in [6.07, 6.45) is 0. The molecule has 0 aliphatic carbocycles. The Labute approximate surface area is 138 Å². The molecule has 2 aromatic carbocycles. The maximum absolute atomic E-state index is 11.1. The van der Waals surface area contributed by atoms with Crippen LogP contribution in [0.15, 0.2) is 36.4 Å². The Morgan fingerprint density at radius 3 is 2.39 bits per heavy atom. The Hall–Kier alpha value is -2.02. The molecule has 2 aromatic rings. The number of rotatable bonds is 4. The summed E-state index contributed by atoms with van der Waals surface area (Å²) >= 11 is 0. The predicted molar refractivity (Wildman–Crippen MR) is 95.6 cm³/mol. The SMILES string of the molecule is COc1ccc2cc(C(O)(C#CCN(C)C)C(C)C)ccc2c1. The standard InChI is InChI=1S/C20H25NO2/c1-15(2)20(22,11-6-12-21(3)4)18-9-7-17-14-19(23-5)10-8-16(17)13-18/h7-10,13-15,22H,12H2,1-5H3. The monoisotopic (exact) mass is 311 g/mol. The van der Waals surface area contributed by atoms with E-state index in [9.17, 15) is 5.11 Å². The van der Waals surface area contributed by atoms with E-state index >= 15 is 0 Å². The molecular weight excluding hydrogens is 286 g/mol. The first-order valence-electron chi connectivity index (χ1n) is 7.82. The van der Waals surface area contributed by atoms with Gasteiger partial charge in [-0.05, 0) is 54.5 Å². The molecule has 0 aliphatic heterocycles. The van der Waals surface area contributed by atoms with Gasteiger partial charge in [0.15, 0.2) is 5.60 Å². The highest BCUT2D eigenvalue weighted by atomic mass is 16.5. The molecule has 23 heavy (non-hydrogen) atoms. The number of nitrogens with zero attached hydrogens (tertiary/aromatic N) is 1. The minimum atomic E-state index is -1.15. The van der Waals surface area contributed by atoms with Crippen molar-refractivity contribution in [1.29, 1.82) is 0 Å². The van der Waals surface area contributed by atoms with E-state index in [1.807, 2.05) is 69.2 Å². The van der Waals surface area contributed by atoms with Gasteiger partial charge in [0, 0.05) is 0 Å². The van der Waals surface area contributed by atoms with Crippen molar-refractivity contribution in [3.05, 3.63) is 42.0 Å². The average molecular weight is 311 g/mol. The molecule has 2 rings (SSSR count). The van der Waals surface area contributed by atoms with Crippen molar-refractivity contribution in [2.24, 2.45) is 5.92 Å². The lowest BCUT2D eigenvalue weighted by atomic mass is 9.83. The number of ether oxygens (including phenoxy) is 1. The van der Waals surface area contributed by atoms with Gasteiger partial charge in [-0.25, -0.2) is 0 Å². The van der Waals surface area contributed by atoms with Gasteiger partial charge >= 0.3 is 0 Å². The lowest BCUT2D eigenvalue weighted by Crippen LogP contribution is -2.30. The van der Waals surface area contributed by atoms with Crippen LogP contribution in [0.4, 0.5) is 0 Å². The molecule has 0 radical (unpaired) electrons. The number of hydrogen-bond acceptors (Lipinski definition) is 3. The van der Waals surface area contributed by atoms with Gasteiger partial charge in [0.25, 0.3) is 0 Å². The minimum absolute atomic E-state index is 0.00661. The van der Waals surface area contributed by atoms with Crippen molar-refractivity contribution < 1.29 is 9.84 Å². The molecule has 1 atom stereocenters. The number of hydrogen-bond donors (Lipinski definition) is 1. The smallest absolute Gasteiger partial charge is 0.153 e. The van der Waals surface area contributed by atoms with Crippen LogP contribution in [0, 0.1) is 17.8 Å². The van der Waals surface area contributed by atoms with Gasteiger partial charge in [-0.15, -0.1) is 0 Å². The van der Waals surface area contributed by atoms with E-state index in [4.69, 9.17) is 4.74 Å². The van der Waals surface area contributed by atoms with Gasteiger partial charge in [0.2, 0.25) is 0 Å². The van der Waals surface area contributed by atoms with E-state index in [0.29, 0.717) is 6.54 Å². The zero-order valence-corrected chi connectivity index (χ0v) is 14.6. The van der Waals surface area contributed by atoms with Gasteiger partial charge < -0.3 is 9.84 Å². The molecule has 0 heterocycles. The predicted octanol–water partition coefficient (Wildman–Crippen LogP) is 3.26. The summed E-state index contributed by atoms with van der Waals surface area (Å²) in [7, 11) is 5.59. The van der Waals surface area contributed by atoms with Crippen molar-refractivity contribution in [2.45, 2.75) is 19.4 Å². The Morgan fingerprint density at radius 1 is 1.13 bits per heavy atom. The zero-order chi connectivity index (χ0) is 17.0. The average Bonchev–Trinajstić information content (AvgIpc) is 2.53. The van der Waals surface area contributed by atoms with E-state index in [-0.39, 0.29) is 5.92 Å². The third-order valence-corrected chi connectivity index (χ3v) is 4.00. The molecule has 3 heteroatoms. The van der Waals surface area contributed by atoms with Crippen molar-refractivity contribution in [3.63, 3.8) is 0 Å². The van der Waals surface area contributed by atoms with Gasteiger partial charge in [-0.3, -0.25) is 4.90 Å². The second kappa shape index (κ2) is 7.04. The Kier molecular flexibility index (Phi) is 5.30. The van der Waals surface area contributed by atoms with Gasteiger partial charge in [0.05, 0.1) is 13.7 Å². The van der Waals surface area contributed by atoms with E-state index in [1.165, 1.54) is 0 Å². The second-order valence-electron chi connectivity index (χ2n) is 6.39. The Morgan fingerprint density at radius 2 is 1.78 bits per heavy atom. The number of fused-ring (bicyclic) bond motifs is 1. The molecule has 0 saturated heterocycles. The lowest BCUT2D eigenvalue weighted by Gasteiger charge is -2.27. The first kappa shape index (κ1) is 17.3. The largest absolute Gasteiger partial charge is 0.497 e. The van der Waals surface area contributed by atoms with Crippen molar-refractivity contribution in [3.8, 4) is 17.6 Å². The zero-order valence-electron chi connectivity index (χ0n) is 14.6. The van der Waals surface area contributed by atoms with Crippen LogP contribution in [0.25, 0.3) is 10.8 Å². The molecular formula is C20H25NO2. The molecule has 0 saturated carbocycles. The van der Waals surface area contributed by atoms with Gasteiger partial charge in [0.1, 0.15) is 5.75 Å². The number of aliphatic hydroxyl groups is 1. The molecule has 0 aromatic heterocycles. The third-order valence-electron chi connectivity index (χ3n) is 4.00. The lowest BCUT2D eigenvalue weighted by molar-refractivity contribution is 0.0503. The summed E-state index contributed by atoms with van der Waals surface area (Å²) in [5.74, 6) is 6.97. The molecule has 0 spiro atoms. The molecule has 122 valence electrons. The van der Waals surface area contributed by atoms with Crippen molar-refractivity contribution >= 4 is 10.8 Å². The maximum Gasteiger partial charge on any atom is 0.153 e. The van der Waals surface area contributed by atoms with E-state index in [2.05, 4.69) is 11.8 Å². The summed E-state index contributed by atoms with van der Waals surface area (Å²) in [6, 6.07) is 11.9. The van der Waals surface area contributed by atoms with Crippen LogP contribution >= 0.6 is 0 Å². The topological polar surface area (TPSA) is 32.7 Å². The summed E-state index contributed by atoms with van der Waals surface area (Å²) in [4.78, 5) is 1.99. The van der Waals surface area contributed by atoms with Gasteiger partial charge in [-0.1, -0.05) is 43.9 Å². The highest BCUT2D eigenvalue weighted by molar-refractivity contribution is 5.84. The van der Waals surface area contributed by atoms with E-state index in [1.54, 1.807) is 7.11 Å². The van der Waals surface area contributed by atoms with Crippen molar-refractivity contribution in [1.82, 2.24) is 4.90 Å². The van der Waals surface area contributed by atoms with E-state index < -0.39 is 5.60 Å². The third kappa shape index (κ3) is 3.85. The number of benzene rings is 2. The van der Waals surface area contributed by atoms with E-state index in [0.717, 1.165) is 22.1 Å². The Bertz CT molecular complexity index is 740. The summed E-state index contributed by atoms with van der Waals surface area (Å²) in [5.41, 5.74) is -0.319. The fourth-order valence-electron chi connectivity index (χ4n) is 2.47. The van der Waals surface area contributed by atoms with Crippen molar-refractivity contribution in [2.75, 3.05) is 27.7 Å². The summed E-state index contributed by atoms with van der Waals surface area (Å²) in [5, 5.41) is 13.3. The summed E-state index contributed by atoms with van der Waals surface area (Å²) < 4.78 is 5.26. The molecule has 1 unspecified atom stereocenters. The molecule has 0 fully saturated rings. The minimum Gasteiger partial charge on any atom is -0.497 e. The van der Waals surface area contributed by atoms with Gasteiger partial charge in [-0.2, -0.15) is 0 Å². The van der Waals surface area contributed by atoms with Crippen LogP contribution in [-0.4, -0.2) is 37.8 Å². The first-order valence-corrected chi connectivity index (χ1v) is 7.82. The molecule has 0 bridgehead atoms. The second-order valence-corrected chi connectivity index (χ2v) is 6.39. The number of methoxy groups -OCH3 is 1. The first-order chi connectivity index (χ1) is 10.9. The quantitative estimate of drug-likeness (QED) is 0.880. The summed E-state index contributed by atoms with van der Waals surface area (Å²) in [6.45, 7) is 4.60. The van der Waals surface area contributed by atoms with Crippen LogP contribution < -0.4 is 4.74 Å². The molecule has 1 N–H and O–H groups in total. The van der Waals surface area contributed by atoms with Crippen LogP contribution in [0.1, 0.15) is 19.4 Å². The Balaban J connectivity index is 2.46.